The molecular formula is C24H33FO6. The quantitative estimate of drug-likeness (QED) is 0.691. The van der Waals surface area contributed by atoms with Gasteiger partial charge in [-0.05, 0) is 74.3 Å². The molecule has 31 heavy (non-hydrogen) atoms. The van der Waals surface area contributed by atoms with E-state index >= 15 is 4.39 Å². The summed E-state index contributed by atoms with van der Waals surface area (Å²) in [6.07, 6.45) is 0.872. The van der Waals surface area contributed by atoms with Gasteiger partial charge >= 0.3 is 0 Å². The second-order valence-corrected chi connectivity index (χ2v) is 11.3. The van der Waals surface area contributed by atoms with Crippen molar-refractivity contribution in [3.8, 4) is 0 Å². The molecule has 172 valence electrons. The van der Waals surface area contributed by atoms with E-state index < -0.39 is 53.0 Å². The van der Waals surface area contributed by atoms with E-state index in [0.29, 0.717) is 31.3 Å². The SMILES string of the molecule is CC1(C)OC2CC3C4CC(F)C5=CC(=O)CC[C@@]5(C)C4C(O)C[C@@]3(C)[C@]2(C(=O)CO)O1. The van der Waals surface area contributed by atoms with Crippen LogP contribution in [-0.2, 0) is 19.1 Å². The first kappa shape index (κ1) is 21.7. The third-order valence-electron chi connectivity index (χ3n) is 9.42. The molecule has 1 aliphatic heterocycles. The summed E-state index contributed by atoms with van der Waals surface area (Å²) >= 11 is 0. The maximum absolute atomic E-state index is 15.5. The number of carbonyl (C=O) groups is 2. The van der Waals surface area contributed by atoms with E-state index in [-0.39, 0.29) is 30.0 Å². The summed E-state index contributed by atoms with van der Waals surface area (Å²) in [5, 5.41) is 21.3. The van der Waals surface area contributed by atoms with E-state index in [9.17, 15) is 19.8 Å². The van der Waals surface area contributed by atoms with Crippen molar-refractivity contribution in [2.75, 3.05) is 6.61 Å². The van der Waals surface area contributed by atoms with Crippen LogP contribution >= 0.6 is 0 Å². The van der Waals surface area contributed by atoms with Crippen LogP contribution in [0.4, 0.5) is 4.39 Å². The van der Waals surface area contributed by atoms with Crippen molar-refractivity contribution >= 4 is 11.6 Å². The third kappa shape index (κ3) is 2.58. The zero-order chi connectivity index (χ0) is 22.6. The fourth-order valence-electron chi connectivity index (χ4n) is 8.41. The molecule has 5 rings (SSSR count). The molecular weight excluding hydrogens is 403 g/mol. The molecule has 4 fully saturated rings. The van der Waals surface area contributed by atoms with E-state index in [4.69, 9.17) is 9.47 Å². The number of aliphatic hydroxyl groups excluding tert-OH is 2. The van der Waals surface area contributed by atoms with Crippen LogP contribution in [0.5, 0.6) is 0 Å². The Morgan fingerprint density at radius 2 is 1.97 bits per heavy atom. The highest BCUT2D eigenvalue weighted by Gasteiger charge is 2.77. The smallest absolute Gasteiger partial charge is 0.193 e. The number of aliphatic hydroxyl groups is 2. The minimum atomic E-state index is -1.35. The average molecular weight is 437 g/mol. The van der Waals surface area contributed by atoms with Crippen molar-refractivity contribution in [2.24, 2.45) is 28.6 Å². The number of carbonyl (C=O) groups excluding carboxylic acids is 2. The van der Waals surface area contributed by atoms with Gasteiger partial charge in [-0.2, -0.15) is 0 Å². The number of hydrogen-bond acceptors (Lipinski definition) is 6. The predicted molar refractivity (Wildman–Crippen MR) is 109 cm³/mol. The van der Waals surface area contributed by atoms with Gasteiger partial charge in [0.05, 0.1) is 12.2 Å². The molecule has 1 heterocycles. The summed E-state index contributed by atoms with van der Waals surface area (Å²) < 4.78 is 27.9. The van der Waals surface area contributed by atoms with Crippen LogP contribution in [0.25, 0.3) is 0 Å². The molecule has 0 aromatic carbocycles. The van der Waals surface area contributed by atoms with Gasteiger partial charge in [0.2, 0.25) is 0 Å². The maximum atomic E-state index is 15.5. The van der Waals surface area contributed by atoms with Gasteiger partial charge in [0.25, 0.3) is 0 Å². The number of rotatable bonds is 2. The average Bonchev–Trinajstić information content (AvgIpc) is 3.08. The zero-order valence-corrected chi connectivity index (χ0v) is 18.7. The molecule has 2 N–H and O–H groups in total. The number of ketones is 2. The van der Waals surface area contributed by atoms with Crippen LogP contribution in [0.1, 0.15) is 59.8 Å². The Balaban J connectivity index is 1.61. The molecule has 0 amide bonds. The lowest BCUT2D eigenvalue weighted by molar-refractivity contribution is -0.228. The van der Waals surface area contributed by atoms with Gasteiger partial charge in [0.15, 0.2) is 23.0 Å². The number of allylic oxidation sites excluding steroid dienone is 1. The molecule has 0 aromatic rings. The molecule has 3 saturated carbocycles. The molecule has 4 aliphatic carbocycles. The number of fused-ring (bicyclic) bond motifs is 7. The summed E-state index contributed by atoms with van der Waals surface area (Å²) in [7, 11) is 0. The van der Waals surface area contributed by atoms with Crippen molar-refractivity contribution in [1.29, 1.82) is 0 Å². The van der Waals surface area contributed by atoms with E-state index in [1.807, 2.05) is 13.8 Å². The second-order valence-electron chi connectivity index (χ2n) is 11.3. The van der Waals surface area contributed by atoms with Crippen molar-refractivity contribution in [1.82, 2.24) is 0 Å². The lowest BCUT2D eigenvalue weighted by Crippen LogP contribution is -2.64. The van der Waals surface area contributed by atoms with Gasteiger partial charge in [-0.15, -0.1) is 0 Å². The first-order chi connectivity index (χ1) is 14.4. The van der Waals surface area contributed by atoms with Crippen molar-refractivity contribution in [3.63, 3.8) is 0 Å². The summed E-state index contributed by atoms with van der Waals surface area (Å²) in [5.74, 6) is -1.90. The lowest BCUT2D eigenvalue weighted by atomic mass is 9.45. The van der Waals surface area contributed by atoms with Crippen LogP contribution in [-0.4, -0.2) is 58.2 Å². The lowest BCUT2D eigenvalue weighted by Gasteiger charge is -2.61. The van der Waals surface area contributed by atoms with Crippen molar-refractivity contribution < 1.29 is 33.7 Å². The Hall–Kier alpha value is -1.15. The van der Waals surface area contributed by atoms with Crippen LogP contribution in [0, 0.1) is 28.6 Å². The Morgan fingerprint density at radius 1 is 1.26 bits per heavy atom. The highest BCUT2D eigenvalue weighted by atomic mass is 19.1. The molecule has 6 unspecified atom stereocenters. The fraction of sp³-hybridized carbons (Fsp3) is 0.833. The molecule has 0 aromatic heterocycles. The fourth-order valence-corrected chi connectivity index (χ4v) is 8.41. The molecule has 0 bridgehead atoms. The van der Waals surface area contributed by atoms with Gasteiger partial charge in [-0.3, -0.25) is 9.59 Å². The van der Waals surface area contributed by atoms with E-state index in [0.717, 1.165) is 0 Å². The predicted octanol–water partition coefficient (Wildman–Crippen LogP) is 2.50. The van der Waals surface area contributed by atoms with Gasteiger partial charge in [0.1, 0.15) is 12.8 Å². The third-order valence-corrected chi connectivity index (χ3v) is 9.42. The Bertz CT molecular complexity index is 868. The number of halogens is 1. The summed E-state index contributed by atoms with van der Waals surface area (Å²) in [6.45, 7) is 6.78. The van der Waals surface area contributed by atoms with E-state index in [1.165, 1.54) is 6.08 Å². The number of ether oxygens (including phenoxy) is 2. The largest absolute Gasteiger partial charge is 0.393 e. The molecule has 7 heteroatoms. The molecule has 0 spiro atoms. The first-order valence-corrected chi connectivity index (χ1v) is 11.5. The Labute approximate surface area is 182 Å². The summed E-state index contributed by atoms with van der Waals surface area (Å²) in [6, 6.07) is 0. The number of Topliss-reactive ketones (excluding diaryl/α,β-unsaturated/α-hetero) is 1. The van der Waals surface area contributed by atoms with Gasteiger partial charge in [-0.25, -0.2) is 4.39 Å². The zero-order valence-electron chi connectivity index (χ0n) is 18.7. The van der Waals surface area contributed by atoms with Crippen molar-refractivity contribution in [3.05, 3.63) is 11.6 Å². The van der Waals surface area contributed by atoms with Gasteiger partial charge < -0.3 is 19.7 Å². The maximum Gasteiger partial charge on any atom is 0.193 e. The van der Waals surface area contributed by atoms with Crippen molar-refractivity contribution in [2.45, 2.75) is 89.6 Å². The molecule has 6 nitrogen and oxygen atoms in total. The number of alkyl halides is 1. The minimum absolute atomic E-state index is 0.0457. The van der Waals surface area contributed by atoms with Crippen LogP contribution < -0.4 is 0 Å². The molecule has 5 aliphatic rings. The Morgan fingerprint density at radius 3 is 2.65 bits per heavy atom. The van der Waals surface area contributed by atoms with Crippen LogP contribution in [0.2, 0.25) is 0 Å². The molecule has 1 saturated heterocycles. The summed E-state index contributed by atoms with van der Waals surface area (Å²) in [5.41, 5.74) is -2.19. The monoisotopic (exact) mass is 436 g/mol. The summed E-state index contributed by atoms with van der Waals surface area (Å²) in [4.78, 5) is 25.2. The highest BCUT2D eigenvalue weighted by molar-refractivity contribution is 5.92. The van der Waals surface area contributed by atoms with Crippen LogP contribution in [0.3, 0.4) is 0 Å². The first-order valence-electron chi connectivity index (χ1n) is 11.5. The van der Waals surface area contributed by atoms with Gasteiger partial charge in [-0.1, -0.05) is 13.8 Å². The number of hydrogen-bond donors (Lipinski definition) is 2. The minimum Gasteiger partial charge on any atom is -0.393 e. The van der Waals surface area contributed by atoms with Gasteiger partial charge in [0, 0.05) is 11.8 Å². The normalized spacial score (nSPS) is 52.6. The highest BCUT2D eigenvalue weighted by Crippen LogP contribution is 2.70. The van der Waals surface area contributed by atoms with E-state index in [2.05, 4.69) is 0 Å². The standard InChI is InChI=1S/C24H33FO6/c1-21(2)30-19-9-14-13-8-16(25)15-7-12(27)5-6-22(15,3)20(13)17(28)10-23(14,4)24(19,31-21)18(29)11-26/h7,13-14,16-17,19-20,26,28H,5-6,8-11H2,1-4H3/t13?,14?,16?,17?,19?,20?,22-,23-,24-/m1/s1. The second kappa shape index (κ2) is 6.46. The molecule has 0 radical (unpaired) electrons. The van der Waals surface area contributed by atoms with E-state index in [1.54, 1.807) is 13.8 Å². The Kier molecular flexibility index (Phi) is 4.52. The topological polar surface area (TPSA) is 93.1 Å². The van der Waals surface area contributed by atoms with Crippen LogP contribution in [0.15, 0.2) is 11.6 Å². The molecule has 9 atom stereocenters.